The molecule has 1 unspecified atom stereocenters. The topological polar surface area (TPSA) is 110 Å². The number of hydrogen-bond donors (Lipinski definition) is 2. The van der Waals surface area contributed by atoms with Crippen LogP contribution in [0.25, 0.3) is 0 Å². The van der Waals surface area contributed by atoms with E-state index in [1.54, 1.807) is 6.07 Å². The number of rotatable bonds is 8. The molecular weight excluding hydrogens is 306 g/mol. The van der Waals surface area contributed by atoms with E-state index in [2.05, 4.69) is 25.2 Å². The van der Waals surface area contributed by atoms with Gasteiger partial charge in [-0.2, -0.15) is 4.98 Å². The lowest BCUT2D eigenvalue weighted by atomic mass is 10.2. The zero-order valence-corrected chi connectivity index (χ0v) is 13.3. The Balaban J connectivity index is 1.86. The van der Waals surface area contributed by atoms with Gasteiger partial charge in [-0.3, -0.25) is 4.98 Å². The van der Waals surface area contributed by atoms with E-state index in [0.717, 1.165) is 0 Å². The van der Waals surface area contributed by atoms with Crippen LogP contribution >= 0.6 is 0 Å². The molecule has 22 heavy (non-hydrogen) atoms. The van der Waals surface area contributed by atoms with Gasteiger partial charge in [-0.15, -0.1) is 0 Å². The fourth-order valence-electron chi connectivity index (χ4n) is 1.73. The Bertz CT molecular complexity index is 687. The molecule has 0 aliphatic carbocycles. The monoisotopic (exact) mass is 325 g/mol. The van der Waals surface area contributed by atoms with E-state index in [-0.39, 0.29) is 17.5 Å². The van der Waals surface area contributed by atoms with E-state index in [0.29, 0.717) is 24.6 Å². The maximum Gasteiger partial charge on any atom is 0.242 e. The van der Waals surface area contributed by atoms with Crippen molar-refractivity contribution < 1.29 is 12.9 Å². The van der Waals surface area contributed by atoms with Gasteiger partial charge < -0.3 is 9.84 Å². The predicted octanol–water partition coefficient (Wildman–Crippen LogP) is 0.136. The Morgan fingerprint density at radius 1 is 1.41 bits per heavy atom. The van der Waals surface area contributed by atoms with E-state index >= 15 is 0 Å². The molecule has 0 saturated heterocycles. The summed E-state index contributed by atoms with van der Waals surface area (Å²) in [6, 6.07) is 3.30. The summed E-state index contributed by atoms with van der Waals surface area (Å²) in [4.78, 5) is 8.14. The lowest BCUT2D eigenvalue weighted by Crippen LogP contribution is -2.26. The minimum absolute atomic E-state index is 0.129. The van der Waals surface area contributed by atoms with Crippen LogP contribution in [0.5, 0.6) is 0 Å². The molecule has 2 N–H and O–H groups in total. The predicted molar refractivity (Wildman–Crippen MR) is 79.7 cm³/mol. The van der Waals surface area contributed by atoms with Gasteiger partial charge >= 0.3 is 0 Å². The molecule has 2 aromatic rings. The zero-order valence-electron chi connectivity index (χ0n) is 12.5. The minimum atomic E-state index is -3.56. The summed E-state index contributed by atoms with van der Waals surface area (Å²) in [6.07, 6.45) is 3.80. The molecule has 0 amide bonds. The lowest BCUT2D eigenvalue weighted by Gasteiger charge is -2.05. The number of sulfonamides is 1. The fourth-order valence-corrected chi connectivity index (χ4v) is 2.73. The number of likely N-dealkylation sites (N-methyl/N-ethyl adjacent to an activating group) is 1. The number of hydrogen-bond acceptors (Lipinski definition) is 7. The molecule has 0 aliphatic rings. The summed E-state index contributed by atoms with van der Waals surface area (Å²) in [7, 11) is -1.70. The third-order valence-corrected chi connectivity index (χ3v) is 4.51. The normalized spacial score (nSPS) is 13.2. The molecule has 0 bridgehead atoms. The summed E-state index contributed by atoms with van der Waals surface area (Å²) in [5, 5.41) is 6.95. The Morgan fingerprint density at radius 2 is 2.23 bits per heavy atom. The van der Waals surface area contributed by atoms with Crippen LogP contribution in [0.1, 0.15) is 18.6 Å². The Hall–Kier alpha value is -1.84. The van der Waals surface area contributed by atoms with Crippen LogP contribution in [0.2, 0.25) is 0 Å². The van der Waals surface area contributed by atoms with E-state index in [1.165, 1.54) is 18.5 Å². The maximum atomic E-state index is 12.0. The van der Waals surface area contributed by atoms with Crippen molar-refractivity contribution in [3.8, 4) is 0 Å². The van der Waals surface area contributed by atoms with E-state index in [9.17, 15) is 8.42 Å². The van der Waals surface area contributed by atoms with Crippen molar-refractivity contribution in [2.75, 3.05) is 13.6 Å². The highest BCUT2D eigenvalue weighted by Gasteiger charge is 2.14. The van der Waals surface area contributed by atoms with E-state index in [4.69, 9.17) is 4.52 Å². The molecule has 9 heteroatoms. The van der Waals surface area contributed by atoms with Gasteiger partial charge in [0, 0.05) is 37.8 Å². The third-order valence-electron chi connectivity index (χ3n) is 3.07. The molecule has 120 valence electrons. The van der Waals surface area contributed by atoms with Crippen LogP contribution in [0.4, 0.5) is 0 Å². The molecule has 2 aromatic heterocycles. The quantitative estimate of drug-likeness (QED) is 0.710. The summed E-state index contributed by atoms with van der Waals surface area (Å²) in [6.45, 7) is 2.19. The first-order valence-corrected chi connectivity index (χ1v) is 8.38. The average Bonchev–Trinajstić information content (AvgIpc) is 2.95. The van der Waals surface area contributed by atoms with Crippen LogP contribution in [0.3, 0.4) is 0 Å². The van der Waals surface area contributed by atoms with Crippen LogP contribution in [-0.2, 0) is 22.9 Å². The van der Waals surface area contributed by atoms with Gasteiger partial charge in [0.1, 0.15) is 4.90 Å². The SMILES string of the molecule is CNC(C)Cc1noc(CCNS(=O)(=O)c2cccnc2)n1. The Labute approximate surface area is 129 Å². The second-order valence-corrected chi connectivity index (χ2v) is 6.60. The van der Waals surface area contributed by atoms with Crippen LogP contribution in [0.15, 0.2) is 33.9 Å². The first-order chi connectivity index (χ1) is 10.5. The average molecular weight is 325 g/mol. The molecule has 0 aromatic carbocycles. The first-order valence-electron chi connectivity index (χ1n) is 6.89. The van der Waals surface area contributed by atoms with Crippen molar-refractivity contribution in [2.24, 2.45) is 0 Å². The summed E-state index contributed by atoms with van der Waals surface area (Å²) in [5.74, 6) is 1.01. The van der Waals surface area contributed by atoms with Gasteiger partial charge in [-0.25, -0.2) is 13.1 Å². The second-order valence-electron chi connectivity index (χ2n) is 4.83. The fraction of sp³-hybridized carbons (Fsp3) is 0.462. The number of nitrogens with zero attached hydrogens (tertiary/aromatic N) is 3. The van der Waals surface area contributed by atoms with Crippen molar-refractivity contribution in [1.29, 1.82) is 0 Å². The van der Waals surface area contributed by atoms with E-state index < -0.39 is 10.0 Å². The van der Waals surface area contributed by atoms with Crippen LogP contribution < -0.4 is 10.0 Å². The smallest absolute Gasteiger partial charge is 0.242 e. The summed E-state index contributed by atoms with van der Waals surface area (Å²) >= 11 is 0. The minimum Gasteiger partial charge on any atom is -0.339 e. The summed E-state index contributed by atoms with van der Waals surface area (Å²) in [5.41, 5.74) is 0. The largest absolute Gasteiger partial charge is 0.339 e. The number of pyridine rings is 1. The highest BCUT2D eigenvalue weighted by molar-refractivity contribution is 7.89. The van der Waals surface area contributed by atoms with Gasteiger partial charge in [0.05, 0.1) is 0 Å². The van der Waals surface area contributed by atoms with Gasteiger partial charge in [0.25, 0.3) is 0 Å². The first kappa shape index (κ1) is 16.5. The second kappa shape index (κ2) is 7.43. The highest BCUT2D eigenvalue weighted by Crippen LogP contribution is 2.06. The van der Waals surface area contributed by atoms with Crippen molar-refractivity contribution >= 4 is 10.0 Å². The van der Waals surface area contributed by atoms with Crippen LogP contribution in [-0.4, -0.2) is 43.2 Å². The van der Waals surface area contributed by atoms with Gasteiger partial charge in [-0.1, -0.05) is 5.16 Å². The third kappa shape index (κ3) is 4.58. The Kier molecular flexibility index (Phi) is 5.58. The Morgan fingerprint density at radius 3 is 2.91 bits per heavy atom. The molecule has 0 saturated carbocycles. The lowest BCUT2D eigenvalue weighted by molar-refractivity contribution is 0.371. The molecule has 8 nitrogen and oxygen atoms in total. The maximum absolute atomic E-state index is 12.0. The van der Waals surface area contributed by atoms with Gasteiger partial charge in [0.15, 0.2) is 5.82 Å². The van der Waals surface area contributed by atoms with Crippen molar-refractivity contribution in [3.63, 3.8) is 0 Å². The molecule has 0 aliphatic heterocycles. The van der Waals surface area contributed by atoms with Crippen molar-refractivity contribution in [2.45, 2.75) is 30.7 Å². The molecule has 1 atom stereocenters. The van der Waals surface area contributed by atoms with Crippen molar-refractivity contribution in [1.82, 2.24) is 25.2 Å². The highest BCUT2D eigenvalue weighted by atomic mass is 32.2. The molecule has 2 heterocycles. The zero-order chi connectivity index (χ0) is 16.0. The molecule has 2 rings (SSSR count). The molecule has 0 fully saturated rings. The standard InChI is InChI=1S/C13H19N5O3S/c1-10(14-2)8-12-17-13(21-18-12)5-7-16-22(19,20)11-4-3-6-15-9-11/h3-4,6,9-10,14,16H,5,7-8H2,1-2H3. The van der Waals surface area contributed by atoms with Crippen molar-refractivity contribution in [3.05, 3.63) is 36.2 Å². The van der Waals surface area contributed by atoms with Gasteiger partial charge in [-0.05, 0) is 26.1 Å². The molecule has 0 radical (unpaired) electrons. The van der Waals surface area contributed by atoms with Crippen LogP contribution in [0, 0.1) is 0 Å². The summed E-state index contributed by atoms with van der Waals surface area (Å²) < 4.78 is 31.5. The molecule has 0 spiro atoms. The number of nitrogens with one attached hydrogen (secondary N) is 2. The molecular formula is C13H19N5O3S. The van der Waals surface area contributed by atoms with E-state index in [1.807, 2.05) is 14.0 Å². The van der Waals surface area contributed by atoms with Gasteiger partial charge in [0.2, 0.25) is 15.9 Å². The number of aromatic nitrogens is 3.